The summed E-state index contributed by atoms with van der Waals surface area (Å²) >= 11 is 0. The Morgan fingerprint density at radius 3 is 2.85 bits per heavy atom. The van der Waals surface area contributed by atoms with Crippen LogP contribution in [0.2, 0.25) is 0 Å². The molecule has 1 aliphatic heterocycles. The second-order valence-electron chi connectivity index (χ2n) is 6.98. The summed E-state index contributed by atoms with van der Waals surface area (Å²) < 4.78 is 7.82. The molecule has 0 saturated heterocycles. The van der Waals surface area contributed by atoms with Gasteiger partial charge in [0.15, 0.2) is 5.76 Å². The van der Waals surface area contributed by atoms with Crippen LogP contribution in [0.5, 0.6) is 0 Å². The van der Waals surface area contributed by atoms with Gasteiger partial charge in [0.05, 0.1) is 23.4 Å². The maximum Gasteiger partial charge on any atom is 0.154 e. The lowest BCUT2D eigenvalue weighted by atomic mass is 10.1. The quantitative estimate of drug-likeness (QED) is 0.603. The average molecular weight is 359 g/mol. The van der Waals surface area contributed by atoms with Crippen LogP contribution < -0.4 is 0 Å². The van der Waals surface area contributed by atoms with Gasteiger partial charge in [0.25, 0.3) is 0 Å². The van der Waals surface area contributed by atoms with Crippen molar-refractivity contribution < 1.29 is 4.42 Å². The monoisotopic (exact) mass is 359 g/mol. The molecule has 1 aliphatic rings. The van der Waals surface area contributed by atoms with E-state index in [2.05, 4.69) is 33.2 Å². The van der Waals surface area contributed by atoms with E-state index in [9.17, 15) is 0 Å². The second-order valence-corrected chi connectivity index (χ2v) is 6.98. The first kappa shape index (κ1) is 16.1. The largest absolute Gasteiger partial charge is 0.460 e. The molecule has 27 heavy (non-hydrogen) atoms. The zero-order chi connectivity index (χ0) is 18.2. The first-order chi connectivity index (χ1) is 13.3. The molecule has 0 spiro atoms. The van der Waals surface area contributed by atoms with Crippen LogP contribution >= 0.6 is 0 Å². The van der Waals surface area contributed by atoms with Gasteiger partial charge < -0.3 is 9.40 Å². The van der Waals surface area contributed by atoms with E-state index in [-0.39, 0.29) is 0 Å². The molecule has 5 rings (SSSR count). The number of aryl methyl sites for hydroxylation is 1. The number of H-pyrrole nitrogens is 1. The highest BCUT2D eigenvalue weighted by molar-refractivity contribution is 5.58. The summed E-state index contributed by atoms with van der Waals surface area (Å²) in [5.74, 6) is 1.71. The summed E-state index contributed by atoms with van der Waals surface area (Å²) in [6.45, 7) is 4.65. The summed E-state index contributed by atoms with van der Waals surface area (Å²) in [5, 5.41) is 4.84. The van der Waals surface area contributed by atoms with E-state index < -0.39 is 0 Å². The van der Waals surface area contributed by atoms with Crippen LogP contribution in [-0.2, 0) is 19.5 Å². The van der Waals surface area contributed by atoms with Gasteiger partial charge in [-0.25, -0.2) is 9.67 Å². The molecule has 1 N–H and O–H groups in total. The number of hydrogen-bond acceptors (Lipinski definition) is 4. The van der Waals surface area contributed by atoms with E-state index in [1.54, 1.807) is 6.33 Å². The van der Waals surface area contributed by atoms with Gasteiger partial charge in [-0.15, -0.1) is 0 Å². The molecule has 0 aliphatic carbocycles. The molecule has 4 aromatic rings. The maximum atomic E-state index is 5.88. The second kappa shape index (κ2) is 6.55. The molecule has 1 aromatic carbocycles. The number of imidazole rings is 1. The number of hydrogen-bond donors (Lipinski definition) is 1. The minimum absolute atomic E-state index is 0.816. The molecule has 0 fully saturated rings. The fourth-order valence-electron chi connectivity index (χ4n) is 3.65. The summed E-state index contributed by atoms with van der Waals surface area (Å²) in [4.78, 5) is 10.1. The third-order valence-electron chi connectivity index (χ3n) is 5.03. The van der Waals surface area contributed by atoms with Crippen molar-refractivity contribution in [1.82, 2.24) is 24.6 Å². The third kappa shape index (κ3) is 3.08. The lowest BCUT2D eigenvalue weighted by Gasteiger charge is -2.25. The number of furan rings is 1. The number of rotatable bonds is 4. The van der Waals surface area contributed by atoms with Gasteiger partial charge in [0.2, 0.25) is 0 Å². The molecular weight excluding hydrogens is 338 g/mol. The number of nitrogens with zero attached hydrogens (tertiary/aromatic N) is 4. The standard InChI is InChI=1S/C21H21N5O/c1-15-7-8-20(27-15)21-16(12-26(24-21)17-5-3-2-4-6-17)11-25-10-9-18-19(13-25)23-14-22-18/h2-8,12,14H,9-11,13H2,1H3,(H,22,23). The van der Waals surface area contributed by atoms with Crippen molar-refractivity contribution in [2.75, 3.05) is 6.54 Å². The van der Waals surface area contributed by atoms with Crippen molar-refractivity contribution in [3.05, 3.63) is 77.7 Å². The van der Waals surface area contributed by atoms with Crippen molar-refractivity contribution >= 4 is 0 Å². The van der Waals surface area contributed by atoms with Crippen LogP contribution in [0.4, 0.5) is 0 Å². The molecule has 0 bridgehead atoms. The average Bonchev–Trinajstić information content (AvgIpc) is 3.41. The topological polar surface area (TPSA) is 62.9 Å². The fourth-order valence-corrected chi connectivity index (χ4v) is 3.65. The Kier molecular flexibility index (Phi) is 3.90. The van der Waals surface area contributed by atoms with Crippen LogP contribution in [0.15, 0.2) is 59.4 Å². The van der Waals surface area contributed by atoms with E-state index in [0.717, 1.165) is 54.5 Å². The summed E-state index contributed by atoms with van der Waals surface area (Å²) in [5.41, 5.74) is 5.52. The minimum Gasteiger partial charge on any atom is -0.460 e. The Hall–Kier alpha value is -3.12. The molecule has 6 heteroatoms. The zero-order valence-electron chi connectivity index (χ0n) is 15.2. The number of benzene rings is 1. The Morgan fingerprint density at radius 1 is 1.15 bits per heavy atom. The van der Waals surface area contributed by atoms with Crippen molar-refractivity contribution in [2.24, 2.45) is 0 Å². The smallest absolute Gasteiger partial charge is 0.154 e. The van der Waals surface area contributed by atoms with Gasteiger partial charge in [-0.1, -0.05) is 18.2 Å². The first-order valence-electron chi connectivity index (χ1n) is 9.20. The number of fused-ring (bicyclic) bond motifs is 1. The molecule has 6 nitrogen and oxygen atoms in total. The highest BCUT2D eigenvalue weighted by Gasteiger charge is 2.22. The van der Waals surface area contributed by atoms with Crippen molar-refractivity contribution in [2.45, 2.75) is 26.4 Å². The highest BCUT2D eigenvalue weighted by atomic mass is 16.3. The zero-order valence-corrected chi connectivity index (χ0v) is 15.2. The van der Waals surface area contributed by atoms with Crippen LogP contribution in [0.25, 0.3) is 17.1 Å². The molecule has 0 atom stereocenters. The van der Waals surface area contributed by atoms with Gasteiger partial charge in [0, 0.05) is 37.8 Å². The fraction of sp³-hybridized carbons (Fsp3) is 0.238. The summed E-state index contributed by atoms with van der Waals surface area (Å²) in [7, 11) is 0. The van der Waals surface area contributed by atoms with Gasteiger partial charge in [-0.2, -0.15) is 5.10 Å². The molecule has 0 radical (unpaired) electrons. The molecule has 0 unspecified atom stereocenters. The van der Waals surface area contributed by atoms with E-state index >= 15 is 0 Å². The Bertz CT molecular complexity index is 1060. The van der Waals surface area contributed by atoms with Crippen LogP contribution in [0.3, 0.4) is 0 Å². The molecular formula is C21H21N5O. The Balaban J connectivity index is 1.49. The predicted molar refractivity (Wildman–Crippen MR) is 102 cm³/mol. The number of nitrogens with one attached hydrogen (secondary N) is 1. The van der Waals surface area contributed by atoms with Crippen LogP contribution in [0, 0.1) is 6.92 Å². The third-order valence-corrected chi connectivity index (χ3v) is 5.03. The molecule has 3 aromatic heterocycles. The van der Waals surface area contributed by atoms with E-state index in [1.807, 2.05) is 41.9 Å². The summed E-state index contributed by atoms with van der Waals surface area (Å²) in [6.07, 6.45) is 4.88. The SMILES string of the molecule is Cc1ccc(-c2nn(-c3ccccc3)cc2CN2CCc3nc[nH]c3C2)o1. The predicted octanol–water partition coefficient (Wildman–Crippen LogP) is 3.72. The van der Waals surface area contributed by atoms with E-state index in [4.69, 9.17) is 9.52 Å². The Morgan fingerprint density at radius 2 is 2.04 bits per heavy atom. The van der Waals surface area contributed by atoms with Crippen LogP contribution in [-0.4, -0.2) is 31.2 Å². The molecule has 0 saturated carbocycles. The number of aromatic amines is 1. The van der Waals surface area contributed by atoms with Crippen molar-refractivity contribution in [3.8, 4) is 17.1 Å². The van der Waals surface area contributed by atoms with Gasteiger partial charge >= 0.3 is 0 Å². The van der Waals surface area contributed by atoms with E-state index in [0.29, 0.717) is 0 Å². The Labute approximate surface area is 157 Å². The normalized spacial score (nSPS) is 14.4. The highest BCUT2D eigenvalue weighted by Crippen LogP contribution is 2.28. The van der Waals surface area contributed by atoms with Gasteiger partial charge in [-0.3, -0.25) is 4.90 Å². The molecule has 136 valence electrons. The molecule has 4 heterocycles. The van der Waals surface area contributed by atoms with Gasteiger partial charge in [-0.05, 0) is 31.2 Å². The maximum absolute atomic E-state index is 5.88. The number of para-hydroxylation sites is 1. The lowest BCUT2D eigenvalue weighted by molar-refractivity contribution is 0.241. The lowest BCUT2D eigenvalue weighted by Crippen LogP contribution is -2.30. The van der Waals surface area contributed by atoms with Crippen LogP contribution in [0.1, 0.15) is 22.7 Å². The minimum atomic E-state index is 0.816. The van der Waals surface area contributed by atoms with Gasteiger partial charge in [0.1, 0.15) is 11.5 Å². The molecule has 0 amide bonds. The number of aromatic nitrogens is 4. The van der Waals surface area contributed by atoms with Crippen molar-refractivity contribution in [3.63, 3.8) is 0 Å². The van der Waals surface area contributed by atoms with E-state index in [1.165, 1.54) is 11.4 Å². The van der Waals surface area contributed by atoms with Crippen molar-refractivity contribution in [1.29, 1.82) is 0 Å². The summed E-state index contributed by atoms with van der Waals surface area (Å²) in [6, 6.07) is 14.2. The first-order valence-corrected chi connectivity index (χ1v) is 9.20.